The SMILES string of the molecule is CCC(C)Nc1ccnc(NC(C)CC)n1. The molecule has 2 N–H and O–H groups in total. The van der Waals surface area contributed by atoms with Gasteiger partial charge in [0, 0.05) is 18.3 Å². The molecule has 90 valence electrons. The van der Waals surface area contributed by atoms with Crippen molar-refractivity contribution in [2.75, 3.05) is 10.6 Å². The second kappa shape index (κ2) is 6.30. The first-order chi connectivity index (χ1) is 7.65. The summed E-state index contributed by atoms with van der Waals surface area (Å²) < 4.78 is 0. The number of hydrogen-bond acceptors (Lipinski definition) is 4. The van der Waals surface area contributed by atoms with Crippen molar-refractivity contribution in [1.82, 2.24) is 9.97 Å². The highest BCUT2D eigenvalue weighted by atomic mass is 15.1. The first kappa shape index (κ1) is 12.7. The van der Waals surface area contributed by atoms with E-state index >= 15 is 0 Å². The highest BCUT2D eigenvalue weighted by Crippen LogP contribution is 2.09. The van der Waals surface area contributed by atoms with Crippen LogP contribution in [0.1, 0.15) is 40.5 Å². The van der Waals surface area contributed by atoms with Gasteiger partial charge in [0.2, 0.25) is 5.95 Å². The summed E-state index contributed by atoms with van der Waals surface area (Å²) in [5.41, 5.74) is 0. The van der Waals surface area contributed by atoms with Gasteiger partial charge in [0.1, 0.15) is 5.82 Å². The highest BCUT2D eigenvalue weighted by molar-refractivity contribution is 5.40. The Kier molecular flexibility index (Phi) is 5.02. The Labute approximate surface area is 97.9 Å². The minimum atomic E-state index is 0.402. The van der Waals surface area contributed by atoms with Crippen LogP contribution in [-0.2, 0) is 0 Å². The summed E-state index contributed by atoms with van der Waals surface area (Å²) in [5, 5.41) is 6.59. The molecule has 0 saturated carbocycles. The van der Waals surface area contributed by atoms with Crippen LogP contribution in [0.5, 0.6) is 0 Å². The van der Waals surface area contributed by atoms with Crippen molar-refractivity contribution in [3.8, 4) is 0 Å². The zero-order valence-electron chi connectivity index (χ0n) is 10.6. The fourth-order valence-electron chi connectivity index (χ4n) is 1.19. The van der Waals surface area contributed by atoms with Crippen LogP contribution in [0.25, 0.3) is 0 Å². The second-order valence-corrected chi connectivity index (χ2v) is 4.17. The molecule has 0 amide bonds. The molecule has 2 unspecified atom stereocenters. The Hall–Kier alpha value is -1.32. The molecule has 0 bridgehead atoms. The topological polar surface area (TPSA) is 49.8 Å². The summed E-state index contributed by atoms with van der Waals surface area (Å²) in [6, 6.07) is 2.73. The van der Waals surface area contributed by atoms with E-state index in [2.05, 4.69) is 48.3 Å². The summed E-state index contributed by atoms with van der Waals surface area (Å²) in [7, 11) is 0. The Morgan fingerprint density at radius 2 is 1.75 bits per heavy atom. The van der Waals surface area contributed by atoms with Gasteiger partial charge in [-0.15, -0.1) is 0 Å². The second-order valence-electron chi connectivity index (χ2n) is 4.17. The molecular weight excluding hydrogens is 200 g/mol. The van der Waals surface area contributed by atoms with E-state index in [1.165, 1.54) is 0 Å². The molecule has 2 atom stereocenters. The van der Waals surface area contributed by atoms with Crippen molar-refractivity contribution in [2.24, 2.45) is 0 Å². The fraction of sp³-hybridized carbons (Fsp3) is 0.667. The normalized spacial score (nSPS) is 14.2. The minimum Gasteiger partial charge on any atom is -0.367 e. The molecule has 4 heteroatoms. The molecule has 0 aliphatic rings. The third kappa shape index (κ3) is 4.04. The molecule has 0 aliphatic heterocycles. The Balaban J connectivity index is 2.63. The Morgan fingerprint density at radius 3 is 2.38 bits per heavy atom. The lowest BCUT2D eigenvalue weighted by atomic mass is 10.2. The van der Waals surface area contributed by atoms with Gasteiger partial charge in [0.25, 0.3) is 0 Å². The van der Waals surface area contributed by atoms with E-state index in [-0.39, 0.29) is 0 Å². The van der Waals surface area contributed by atoms with E-state index in [9.17, 15) is 0 Å². The fourth-order valence-corrected chi connectivity index (χ4v) is 1.19. The van der Waals surface area contributed by atoms with Crippen LogP contribution < -0.4 is 10.6 Å². The maximum absolute atomic E-state index is 4.42. The van der Waals surface area contributed by atoms with Crippen molar-refractivity contribution < 1.29 is 0 Å². The maximum Gasteiger partial charge on any atom is 0.224 e. The minimum absolute atomic E-state index is 0.402. The average molecular weight is 222 g/mol. The molecule has 0 saturated heterocycles. The lowest BCUT2D eigenvalue weighted by molar-refractivity contribution is 0.745. The molecule has 0 radical (unpaired) electrons. The molecule has 1 rings (SSSR count). The predicted octanol–water partition coefficient (Wildman–Crippen LogP) is 2.90. The molecule has 1 aromatic heterocycles. The van der Waals surface area contributed by atoms with Gasteiger partial charge < -0.3 is 10.6 Å². The largest absolute Gasteiger partial charge is 0.367 e. The Morgan fingerprint density at radius 1 is 1.12 bits per heavy atom. The lowest BCUT2D eigenvalue weighted by Gasteiger charge is -2.14. The lowest BCUT2D eigenvalue weighted by Crippen LogP contribution is -2.18. The van der Waals surface area contributed by atoms with Crippen molar-refractivity contribution in [3.63, 3.8) is 0 Å². The zero-order chi connectivity index (χ0) is 12.0. The van der Waals surface area contributed by atoms with Crippen LogP contribution in [0.3, 0.4) is 0 Å². The van der Waals surface area contributed by atoms with Crippen LogP contribution in [0.2, 0.25) is 0 Å². The van der Waals surface area contributed by atoms with Gasteiger partial charge in [0.15, 0.2) is 0 Å². The van der Waals surface area contributed by atoms with Crippen LogP contribution in [0, 0.1) is 0 Å². The molecule has 1 aromatic rings. The van der Waals surface area contributed by atoms with Crippen LogP contribution >= 0.6 is 0 Å². The maximum atomic E-state index is 4.42. The smallest absolute Gasteiger partial charge is 0.224 e. The standard InChI is InChI=1S/C12H22N4/c1-5-9(3)14-11-7-8-13-12(16-11)15-10(4)6-2/h7-10H,5-6H2,1-4H3,(H2,13,14,15,16). The first-order valence-corrected chi connectivity index (χ1v) is 6.01. The van der Waals surface area contributed by atoms with Crippen LogP contribution in [-0.4, -0.2) is 22.1 Å². The number of nitrogens with zero attached hydrogens (tertiary/aromatic N) is 2. The molecular formula is C12H22N4. The van der Waals surface area contributed by atoms with E-state index in [1.54, 1.807) is 6.20 Å². The van der Waals surface area contributed by atoms with E-state index in [0.29, 0.717) is 18.0 Å². The highest BCUT2D eigenvalue weighted by Gasteiger charge is 2.04. The van der Waals surface area contributed by atoms with E-state index < -0.39 is 0 Å². The number of anilines is 2. The van der Waals surface area contributed by atoms with Crippen molar-refractivity contribution in [1.29, 1.82) is 0 Å². The van der Waals surface area contributed by atoms with Gasteiger partial charge in [-0.3, -0.25) is 0 Å². The monoisotopic (exact) mass is 222 g/mol. The number of hydrogen-bond donors (Lipinski definition) is 2. The average Bonchev–Trinajstić information content (AvgIpc) is 2.29. The summed E-state index contributed by atoms with van der Waals surface area (Å²) in [6.07, 6.45) is 3.92. The summed E-state index contributed by atoms with van der Waals surface area (Å²) in [4.78, 5) is 8.61. The molecule has 0 fully saturated rings. The zero-order valence-corrected chi connectivity index (χ0v) is 10.6. The van der Waals surface area contributed by atoms with Crippen molar-refractivity contribution in [3.05, 3.63) is 12.3 Å². The third-order valence-electron chi connectivity index (χ3n) is 2.65. The molecule has 1 heterocycles. The summed E-state index contributed by atoms with van der Waals surface area (Å²) in [5.74, 6) is 1.58. The van der Waals surface area contributed by atoms with Gasteiger partial charge in [-0.25, -0.2) is 4.98 Å². The van der Waals surface area contributed by atoms with Gasteiger partial charge >= 0.3 is 0 Å². The molecule has 16 heavy (non-hydrogen) atoms. The van der Waals surface area contributed by atoms with Crippen molar-refractivity contribution in [2.45, 2.75) is 52.6 Å². The van der Waals surface area contributed by atoms with E-state index in [4.69, 9.17) is 0 Å². The quantitative estimate of drug-likeness (QED) is 0.777. The first-order valence-electron chi connectivity index (χ1n) is 6.01. The van der Waals surface area contributed by atoms with Crippen LogP contribution in [0.4, 0.5) is 11.8 Å². The number of rotatable bonds is 6. The molecule has 0 aliphatic carbocycles. The summed E-state index contributed by atoms with van der Waals surface area (Å²) in [6.45, 7) is 8.55. The van der Waals surface area contributed by atoms with Crippen LogP contribution in [0.15, 0.2) is 12.3 Å². The number of nitrogens with one attached hydrogen (secondary N) is 2. The molecule has 0 spiro atoms. The molecule has 4 nitrogen and oxygen atoms in total. The number of aromatic nitrogens is 2. The van der Waals surface area contributed by atoms with Gasteiger partial charge in [-0.05, 0) is 32.8 Å². The van der Waals surface area contributed by atoms with E-state index in [1.807, 2.05) is 6.07 Å². The van der Waals surface area contributed by atoms with Gasteiger partial charge in [-0.1, -0.05) is 13.8 Å². The third-order valence-corrected chi connectivity index (χ3v) is 2.65. The Bertz CT molecular complexity index is 286. The van der Waals surface area contributed by atoms with E-state index in [0.717, 1.165) is 18.7 Å². The van der Waals surface area contributed by atoms with Gasteiger partial charge in [0.05, 0.1) is 0 Å². The summed E-state index contributed by atoms with van der Waals surface area (Å²) >= 11 is 0. The van der Waals surface area contributed by atoms with Gasteiger partial charge in [-0.2, -0.15) is 4.98 Å². The predicted molar refractivity (Wildman–Crippen MR) is 68.8 cm³/mol. The van der Waals surface area contributed by atoms with Crippen molar-refractivity contribution >= 4 is 11.8 Å². The molecule has 0 aromatic carbocycles.